The third-order valence-electron chi connectivity index (χ3n) is 15.8. The Balaban J connectivity index is 1.11. The molecule has 0 spiro atoms. The Morgan fingerprint density at radius 1 is 0.282 bits per heavy atom. The van der Waals surface area contributed by atoms with Gasteiger partial charge in [0.15, 0.2) is 0 Å². The number of hydrogen-bond donors (Lipinski definition) is 0. The van der Waals surface area contributed by atoms with E-state index < -0.39 is 0 Å². The van der Waals surface area contributed by atoms with E-state index >= 15 is 0 Å². The van der Waals surface area contributed by atoms with Crippen LogP contribution in [0.15, 0.2) is 218 Å². The molecule has 0 aliphatic heterocycles. The van der Waals surface area contributed by atoms with E-state index in [9.17, 15) is 0 Å². The third-order valence-corrected chi connectivity index (χ3v) is 15.8. The zero-order chi connectivity index (χ0) is 52.7. The lowest BCUT2D eigenvalue weighted by molar-refractivity contribution is 0.317. The fourth-order valence-corrected chi connectivity index (χ4v) is 12.5. The van der Waals surface area contributed by atoms with Gasteiger partial charge in [-0.1, -0.05) is 174 Å². The minimum absolute atomic E-state index is 0.690. The molecule has 0 saturated carbocycles. The molecule has 13 aromatic rings. The van der Waals surface area contributed by atoms with Crippen LogP contribution in [0.3, 0.4) is 0 Å². The summed E-state index contributed by atoms with van der Waals surface area (Å²) in [7, 11) is 0. The van der Waals surface area contributed by atoms with Crippen LogP contribution in [0.1, 0.15) is 64.5 Å². The number of rotatable bonds is 18. The summed E-state index contributed by atoms with van der Waals surface area (Å²) < 4.78 is 12.2. The van der Waals surface area contributed by atoms with E-state index in [0.717, 1.165) is 84.1 Å². The van der Waals surface area contributed by atoms with Crippen LogP contribution in [0.4, 0.5) is 34.1 Å². The summed E-state index contributed by atoms with van der Waals surface area (Å²) in [6, 6.07) is 81.6. The van der Waals surface area contributed by atoms with Crippen LogP contribution in [-0.4, -0.2) is 13.2 Å². The number of hydrogen-bond acceptors (Lipinski definition) is 4. The summed E-state index contributed by atoms with van der Waals surface area (Å²) in [5.74, 6) is 1.77. The lowest BCUT2D eigenvalue weighted by Gasteiger charge is -2.27. The van der Waals surface area contributed by atoms with Crippen molar-refractivity contribution in [2.45, 2.75) is 66.2 Å². The molecule has 0 N–H and O–H groups in total. The number of benzene rings is 11. The molecule has 78 heavy (non-hydrogen) atoms. The van der Waals surface area contributed by atoms with Crippen molar-refractivity contribution in [1.29, 1.82) is 0 Å². The van der Waals surface area contributed by atoms with Crippen LogP contribution in [0, 0.1) is 0 Å². The van der Waals surface area contributed by atoms with Crippen molar-refractivity contribution in [3.05, 3.63) is 230 Å². The first-order chi connectivity index (χ1) is 38.6. The summed E-state index contributed by atoms with van der Waals surface area (Å²) in [5, 5.41) is 15.1. The summed E-state index contributed by atoms with van der Waals surface area (Å²) in [4.78, 5) is 4.88. The standard InChI is InChI=1S/C74H64N2O2/c1-5-17-49-27-31-53(32-28-49)75(55-35-39-57(40-36-55)77-47-7-3)65-45-43-63-69-59(65)23-15-25-61(69)71-67(51-19-11-9-12-20-51)74-64-44-46-66(60-24-16-26-62(70(60)64)72(74)68(73(63)71)52-21-13-10-14-22-52)76(54-33-29-50(18-6-2)30-34-54)56-37-41-58(42-38-56)78-48-8-4/h9-16,19-46H,5-8,17-18,47-48H2,1-4H3. The van der Waals surface area contributed by atoms with Crippen molar-refractivity contribution >= 4 is 98.8 Å². The zero-order valence-corrected chi connectivity index (χ0v) is 45.2. The third kappa shape index (κ3) is 8.39. The highest BCUT2D eigenvalue weighted by molar-refractivity contribution is 6.47. The highest BCUT2D eigenvalue weighted by Gasteiger charge is 2.30. The van der Waals surface area contributed by atoms with Crippen LogP contribution in [0.25, 0.3) is 86.9 Å². The fraction of sp³-hybridized carbons (Fsp3) is 0.162. The van der Waals surface area contributed by atoms with Gasteiger partial charge in [0.2, 0.25) is 0 Å². The fourth-order valence-electron chi connectivity index (χ4n) is 12.5. The largest absolute Gasteiger partial charge is 0.494 e. The first-order valence-corrected chi connectivity index (χ1v) is 28.3. The number of aryl methyl sites for hydroxylation is 2. The second-order valence-electron chi connectivity index (χ2n) is 20.9. The molecular weight excluding hydrogens is 949 g/mol. The normalized spacial score (nSPS) is 11.7. The van der Waals surface area contributed by atoms with Crippen LogP contribution in [-0.2, 0) is 12.8 Å². The molecule has 0 unspecified atom stereocenters. The molecule has 4 nitrogen and oxygen atoms in total. The quantitative estimate of drug-likeness (QED) is 0.0855. The topological polar surface area (TPSA) is 24.9 Å². The molecule has 13 rings (SSSR count). The van der Waals surface area contributed by atoms with Crippen molar-refractivity contribution in [1.82, 2.24) is 0 Å². The van der Waals surface area contributed by atoms with Gasteiger partial charge < -0.3 is 19.3 Å². The van der Waals surface area contributed by atoms with Crippen molar-refractivity contribution < 1.29 is 9.47 Å². The molecule has 0 amide bonds. The maximum Gasteiger partial charge on any atom is 0.119 e. The molecule has 0 radical (unpaired) electrons. The van der Waals surface area contributed by atoms with Gasteiger partial charge in [-0.05, 0) is 198 Å². The van der Waals surface area contributed by atoms with Gasteiger partial charge in [0.1, 0.15) is 11.5 Å². The molecular formula is C74H64N2O2. The Kier molecular flexibility index (Phi) is 13.1. The smallest absolute Gasteiger partial charge is 0.119 e. The minimum Gasteiger partial charge on any atom is -0.494 e. The van der Waals surface area contributed by atoms with E-state index in [-0.39, 0.29) is 0 Å². The summed E-state index contributed by atoms with van der Waals surface area (Å²) in [5.41, 5.74) is 14.3. The summed E-state index contributed by atoms with van der Waals surface area (Å²) in [6.07, 6.45) is 6.24. The second kappa shape index (κ2) is 20.9. The van der Waals surface area contributed by atoms with Gasteiger partial charge >= 0.3 is 0 Å². The maximum atomic E-state index is 6.11. The summed E-state index contributed by atoms with van der Waals surface area (Å²) in [6.45, 7) is 10.2. The van der Waals surface area contributed by atoms with Gasteiger partial charge in [-0.25, -0.2) is 0 Å². The number of ether oxygens (including phenoxy) is 2. The minimum atomic E-state index is 0.690. The monoisotopic (exact) mass is 1010 g/mol. The highest BCUT2D eigenvalue weighted by atomic mass is 16.5. The van der Waals surface area contributed by atoms with E-state index in [1.54, 1.807) is 0 Å². The SMILES string of the molecule is CCCOc1ccc(N(c2ccc(CCC)cc2)c2ccc3c4c(-c5ccccc5)c5c6cccc7c(N(c8ccc(CCC)cc8)c8ccc(OCCC)cc8)ccc(c5c(-c5ccccc5)c4c4cccc2c43)c76)cc1. The average Bonchev–Trinajstić information content (AvgIpc) is 3.56. The molecule has 0 saturated heterocycles. The average molecular weight is 1010 g/mol. The van der Waals surface area contributed by atoms with Gasteiger partial charge in [-0.2, -0.15) is 0 Å². The first-order valence-electron chi connectivity index (χ1n) is 28.3. The van der Waals surface area contributed by atoms with E-state index in [1.807, 2.05) is 0 Å². The van der Waals surface area contributed by atoms with Gasteiger partial charge in [0, 0.05) is 33.5 Å². The molecule has 0 aliphatic rings. The van der Waals surface area contributed by atoms with Crippen LogP contribution < -0.4 is 19.3 Å². The second-order valence-corrected chi connectivity index (χ2v) is 20.9. The molecule has 0 aliphatic carbocycles. The zero-order valence-electron chi connectivity index (χ0n) is 45.2. The van der Waals surface area contributed by atoms with E-state index in [4.69, 9.17) is 9.47 Å². The Morgan fingerprint density at radius 3 is 0.962 bits per heavy atom. The Labute approximate surface area is 458 Å². The van der Waals surface area contributed by atoms with Crippen LogP contribution in [0.5, 0.6) is 11.5 Å². The molecule has 382 valence electrons. The van der Waals surface area contributed by atoms with Crippen molar-refractivity contribution in [3.8, 4) is 33.8 Å². The Morgan fingerprint density at radius 2 is 0.615 bits per heavy atom. The first kappa shape index (κ1) is 48.8. The number of fused-ring (bicyclic) bond motifs is 6. The van der Waals surface area contributed by atoms with Crippen molar-refractivity contribution in [2.24, 2.45) is 0 Å². The van der Waals surface area contributed by atoms with E-state index in [1.165, 1.54) is 98.0 Å². The summed E-state index contributed by atoms with van der Waals surface area (Å²) >= 11 is 0. The van der Waals surface area contributed by atoms with E-state index in [2.05, 4.69) is 256 Å². The molecule has 13 aromatic carbocycles. The number of anilines is 6. The molecule has 0 fully saturated rings. The molecule has 4 heteroatoms. The predicted octanol–water partition coefficient (Wildman–Crippen LogP) is 21.2. The Bertz CT molecular complexity index is 3880. The predicted molar refractivity (Wildman–Crippen MR) is 334 cm³/mol. The van der Waals surface area contributed by atoms with Crippen molar-refractivity contribution in [2.75, 3.05) is 23.0 Å². The highest BCUT2D eigenvalue weighted by Crippen LogP contribution is 2.57. The molecule has 0 bridgehead atoms. The van der Waals surface area contributed by atoms with Gasteiger partial charge in [-0.3, -0.25) is 0 Å². The van der Waals surface area contributed by atoms with E-state index in [0.29, 0.717) is 13.2 Å². The number of nitrogens with zero attached hydrogens (tertiary/aromatic N) is 2. The van der Waals surface area contributed by atoms with Crippen LogP contribution >= 0.6 is 0 Å². The maximum absolute atomic E-state index is 6.11. The Hall–Kier alpha value is -8.86. The lowest BCUT2D eigenvalue weighted by Crippen LogP contribution is -2.10. The molecule has 0 atom stereocenters. The van der Waals surface area contributed by atoms with Gasteiger partial charge in [0.05, 0.1) is 24.6 Å². The van der Waals surface area contributed by atoms with Gasteiger partial charge in [-0.15, -0.1) is 0 Å². The van der Waals surface area contributed by atoms with Gasteiger partial charge in [0.25, 0.3) is 0 Å². The van der Waals surface area contributed by atoms with Crippen molar-refractivity contribution in [3.63, 3.8) is 0 Å². The lowest BCUT2D eigenvalue weighted by atomic mass is 9.87. The molecule has 0 heterocycles. The van der Waals surface area contributed by atoms with Crippen LogP contribution in [0.2, 0.25) is 0 Å². The molecule has 0 aromatic heterocycles.